The van der Waals surface area contributed by atoms with Crippen LogP contribution >= 0.6 is 22.7 Å². The van der Waals surface area contributed by atoms with Crippen LogP contribution in [0, 0.1) is 0 Å². The van der Waals surface area contributed by atoms with Gasteiger partial charge in [0.05, 0.1) is 23.8 Å². The number of benzene rings is 1. The lowest BCUT2D eigenvalue weighted by Gasteiger charge is -2.28. The van der Waals surface area contributed by atoms with Crippen molar-refractivity contribution in [2.75, 3.05) is 43.1 Å². The van der Waals surface area contributed by atoms with E-state index in [1.165, 1.54) is 28.7 Å². The molecule has 0 unspecified atom stereocenters. The molecule has 2 amide bonds. The minimum Gasteiger partial charge on any atom is -0.451 e. The van der Waals surface area contributed by atoms with Gasteiger partial charge in [-0.05, 0) is 23.1 Å². The third kappa shape index (κ3) is 4.98. The second-order valence-electron chi connectivity index (χ2n) is 6.95. The topological polar surface area (TPSA) is 111 Å². The molecule has 1 aliphatic heterocycles. The molecule has 0 atom stereocenters. The van der Waals surface area contributed by atoms with Gasteiger partial charge in [0.2, 0.25) is 0 Å². The Balaban J connectivity index is 1.47. The van der Waals surface area contributed by atoms with Gasteiger partial charge in [-0.2, -0.15) is 0 Å². The smallest absolute Gasteiger partial charge is 0.348 e. The van der Waals surface area contributed by atoms with Crippen LogP contribution in [-0.2, 0) is 14.3 Å². The molecule has 0 bridgehead atoms. The molecule has 4 rings (SSSR count). The van der Waals surface area contributed by atoms with Crippen LogP contribution in [0.3, 0.4) is 0 Å². The third-order valence-electron chi connectivity index (χ3n) is 4.81. The molecule has 8 nitrogen and oxygen atoms in total. The molecule has 1 aliphatic rings. The first-order valence-corrected chi connectivity index (χ1v) is 11.6. The largest absolute Gasteiger partial charge is 0.451 e. The van der Waals surface area contributed by atoms with Crippen LogP contribution in [0.4, 0.5) is 10.0 Å². The molecule has 0 spiro atoms. The average molecular weight is 472 g/mol. The van der Waals surface area contributed by atoms with Crippen molar-refractivity contribution in [3.05, 3.63) is 58.3 Å². The van der Waals surface area contributed by atoms with E-state index in [1.807, 2.05) is 30.3 Å². The minimum absolute atomic E-state index is 0.218. The maximum Gasteiger partial charge on any atom is 0.348 e. The Morgan fingerprint density at radius 1 is 1.12 bits per heavy atom. The lowest BCUT2D eigenvalue weighted by molar-refractivity contribution is -0.119. The van der Waals surface area contributed by atoms with Crippen LogP contribution in [0.2, 0.25) is 0 Å². The zero-order chi connectivity index (χ0) is 22.5. The second kappa shape index (κ2) is 9.94. The van der Waals surface area contributed by atoms with E-state index in [2.05, 4.69) is 10.2 Å². The van der Waals surface area contributed by atoms with Gasteiger partial charge in [-0.15, -0.1) is 22.7 Å². The lowest BCUT2D eigenvalue weighted by Crippen LogP contribution is -2.35. The minimum atomic E-state index is -0.638. The summed E-state index contributed by atoms with van der Waals surface area (Å²) in [7, 11) is 0. The van der Waals surface area contributed by atoms with Gasteiger partial charge in [-0.25, -0.2) is 4.79 Å². The SMILES string of the molecule is NC(=O)c1ccsc1NC(=O)COC(=O)c1cc(-c2ccccc2)c(N2CCOCC2)s1. The number of nitrogens with two attached hydrogens (primary N) is 1. The number of hydrogen-bond donors (Lipinski definition) is 2. The molecule has 1 fully saturated rings. The molecule has 32 heavy (non-hydrogen) atoms. The van der Waals surface area contributed by atoms with Gasteiger partial charge in [0.1, 0.15) is 9.88 Å². The van der Waals surface area contributed by atoms with Gasteiger partial charge in [0.15, 0.2) is 6.61 Å². The number of thiophene rings is 2. The van der Waals surface area contributed by atoms with Gasteiger partial charge < -0.3 is 25.4 Å². The number of carbonyl (C=O) groups is 3. The molecule has 1 saturated heterocycles. The number of primary amides is 1. The molecular formula is C22H21N3O5S2. The molecule has 3 N–H and O–H groups in total. The molecule has 166 valence electrons. The van der Waals surface area contributed by atoms with E-state index in [0.717, 1.165) is 29.2 Å². The fourth-order valence-corrected chi connectivity index (χ4v) is 5.21. The highest BCUT2D eigenvalue weighted by Gasteiger charge is 2.23. The van der Waals surface area contributed by atoms with Crippen LogP contribution in [-0.4, -0.2) is 50.7 Å². The second-order valence-corrected chi connectivity index (χ2v) is 8.89. The number of amides is 2. The highest BCUT2D eigenvalue weighted by Crippen LogP contribution is 2.39. The monoisotopic (exact) mass is 471 g/mol. The van der Waals surface area contributed by atoms with E-state index in [1.54, 1.807) is 11.4 Å². The van der Waals surface area contributed by atoms with E-state index in [4.69, 9.17) is 15.2 Å². The Morgan fingerprint density at radius 3 is 2.59 bits per heavy atom. The zero-order valence-electron chi connectivity index (χ0n) is 17.0. The molecular weight excluding hydrogens is 450 g/mol. The molecule has 10 heteroatoms. The molecule has 1 aromatic carbocycles. The Labute approximate surface area is 192 Å². The number of ether oxygens (including phenoxy) is 2. The molecule has 2 aromatic heterocycles. The molecule has 0 aliphatic carbocycles. The normalized spacial score (nSPS) is 13.6. The van der Waals surface area contributed by atoms with Crippen molar-refractivity contribution >= 4 is 50.5 Å². The van der Waals surface area contributed by atoms with Crippen LogP contribution in [0.5, 0.6) is 0 Å². The van der Waals surface area contributed by atoms with Crippen molar-refractivity contribution in [1.29, 1.82) is 0 Å². The van der Waals surface area contributed by atoms with Crippen LogP contribution in [0.25, 0.3) is 11.1 Å². The number of anilines is 2. The first kappa shape index (κ1) is 22.0. The standard InChI is InChI=1S/C22H21N3O5S2/c23-19(27)15-6-11-31-20(15)24-18(26)13-30-22(28)17-12-16(14-4-2-1-3-5-14)21(32-17)25-7-9-29-10-8-25/h1-6,11-12H,7-10,13H2,(H2,23,27)(H,24,26). The first-order chi connectivity index (χ1) is 15.5. The summed E-state index contributed by atoms with van der Waals surface area (Å²) in [5.74, 6) is -1.76. The number of carbonyl (C=O) groups excluding carboxylic acids is 3. The number of nitrogens with zero attached hydrogens (tertiary/aromatic N) is 1. The summed E-state index contributed by atoms with van der Waals surface area (Å²) in [6.07, 6.45) is 0. The number of morpholine rings is 1. The summed E-state index contributed by atoms with van der Waals surface area (Å²) in [4.78, 5) is 38.9. The van der Waals surface area contributed by atoms with Crippen molar-refractivity contribution in [2.24, 2.45) is 5.73 Å². The highest BCUT2D eigenvalue weighted by molar-refractivity contribution is 7.18. The van der Waals surface area contributed by atoms with E-state index in [9.17, 15) is 14.4 Å². The predicted molar refractivity (Wildman–Crippen MR) is 125 cm³/mol. The molecule has 0 radical (unpaired) electrons. The quantitative estimate of drug-likeness (QED) is 0.512. The Hall–Kier alpha value is -3.21. The summed E-state index contributed by atoms with van der Waals surface area (Å²) in [5.41, 5.74) is 7.44. The van der Waals surface area contributed by atoms with Crippen molar-refractivity contribution < 1.29 is 23.9 Å². The Bertz CT molecular complexity index is 1120. The van der Waals surface area contributed by atoms with E-state index in [-0.39, 0.29) is 5.56 Å². The van der Waals surface area contributed by atoms with Crippen LogP contribution < -0.4 is 16.0 Å². The average Bonchev–Trinajstić information content (AvgIpc) is 3.46. The van der Waals surface area contributed by atoms with Crippen molar-refractivity contribution in [1.82, 2.24) is 0 Å². The predicted octanol–water partition coefficient (Wildman–Crippen LogP) is 3.21. The van der Waals surface area contributed by atoms with Gasteiger partial charge in [0, 0.05) is 18.7 Å². The molecule has 3 heterocycles. The fourth-order valence-electron chi connectivity index (χ4n) is 3.27. The summed E-state index contributed by atoms with van der Waals surface area (Å²) < 4.78 is 10.7. The van der Waals surface area contributed by atoms with Crippen molar-refractivity contribution in [3.8, 4) is 11.1 Å². The van der Waals surface area contributed by atoms with Gasteiger partial charge in [-0.3, -0.25) is 9.59 Å². The van der Waals surface area contributed by atoms with Gasteiger partial charge in [0.25, 0.3) is 11.8 Å². The van der Waals surface area contributed by atoms with E-state index in [0.29, 0.717) is 23.1 Å². The summed E-state index contributed by atoms with van der Waals surface area (Å²) in [6.45, 7) is 2.26. The van der Waals surface area contributed by atoms with Crippen LogP contribution in [0.15, 0.2) is 47.8 Å². The summed E-state index contributed by atoms with van der Waals surface area (Å²) in [6, 6.07) is 13.1. The highest BCUT2D eigenvalue weighted by atomic mass is 32.1. The summed E-state index contributed by atoms with van der Waals surface area (Å²) >= 11 is 2.51. The molecule has 3 aromatic rings. The third-order valence-corrected chi connectivity index (χ3v) is 6.82. The summed E-state index contributed by atoms with van der Waals surface area (Å²) in [5, 5.41) is 5.50. The number of hydrogen-bond acceptors (Lipinski definition) is 8. The number of rotatable bonds is 7. The number of esters is 1. The maximum absolute atomic E-state index is 12.7. The first-order valence-electron chi connectivity index (χ1n) is 9.89. The van der Waals surface area contributed by atoms with Crippen molar-refractivity contribution in [2.45, 2.75) is 0 Å². The Morgan fingerprint density at radius 2 is 1.88 bits per heavy atom. The Kier molecular flexibility index (Phi) is 6.84. The van der Waals surface area contributed by atoms with E-state index >= 15 is 0 Å². The van der Waals surface area contributed by atoms with Gasteiger partial charge >= 0.3 is 5.97 Å². The zero-order valence-corrected chi connectivity index (χ0v) is 18.7. The molecule has 0 saturated carbocycles. The van der Waals surface area contributed by atoms with E-state index < -0.39 is 24.4 Å². The van der Waals surface area contributed by atoms with Gasteiger partial charge in [-0.1, -0.05) is 30.3 Å². The maximum atomic E-state index is 12.7. The number of nitrogens with one attached hydrogen (secondary N) is 1. The fraction of sp³-hybridized carbons (Fsp3) is 0.227. The lowest BCUT2D eigenvalue weighted by atomic mass is 10.1. The van der Waals surface area contributed by atoms with Crippen molar-refractivity contribution in [3.63, 3.8) is 0 Å². The van der Waals surface area contributed by atoms with Crippen LogP contribution in [0.1, 0.15) is 20.0 Å².